The van der Waals surface area contributed by atoms with Crippen LogP contribution in [0, 0.1) is 0 Å². The van der Waals surface area contributed by atoms with Gasteiger partial charge in [0.1, 0.15) is 12.2 Å². The largest absolute Gasteiger partial charge is 0.388 e. The second kappa shape index (κ2) is 6.08. The van der Waals surface area contributed by atoms with E-state index in [2.05, 4.69) is 24.7 Å². The highest BCUT2D eigenvalue weighted by atomic mass is 35.5. The summed E-state index contributed by atoms with van der Waals surface area (Å²) in [7, 11) is 0. The van der Waals surface area contributed by atoms with Crippen molar-refractivity contribution in [3.63, 3.8) is 0 Å². The van der Waals surface area contributed by atoms with Gasteiger partial charge in [-0.05, 0) is 24.1 Å². The minimum atomic E-state index is -1.21. The van der Waals surface area contributed by atoms with E-state index in [1.807, 2.05) is 0 Å². The number of azide groups is 1. The summed E-state index contributed by atoms with van der Waals surface area (Å²) in [5.74, 6) is 0. The lowest BCUT2D eigenvalue weighted by molar-refractivity contribution is -0.188. The molecule has 2 heterocycles. The van der Waals surface area contributed by atoms with Crippen molar-refractivity contribution in [3.05, 3.63) is 15.7 Å². The van der Waals surface area contributed by atoms with E-state index < -0.39 is 23.9 Å². The summed E-state index contributed by atoms with van der Waals surface area (Å²) < 4.78 is 9.32. The summed E-state index contributed by atoms with van der Waals surface area (Å²) in [4.78, 5) is 6.53. The molecule has 1 aliphatic heterocycles. The van der Waals surface area contributed by atoms with E-state index in [0.717, 1.165) is 11.5 Å². The van der Waals surface area contributed by atoms with Crippen LogP contribution in [0.1, 0.15) is 6.92 Å². The fourth-order valence-corrected chi connectivity index (χ4v) is 2.68. The van der Waals surface area contributed by atoms with Gasteiger partial charge in [0.05, 0.1) is 24.8 Å². The third-order valence-corrected chi connectivity index (χ3v) is 4.03. The zero-order valence-electron chi connectivity index (χ0n) is 10.5. The van der Waals surface area contributed by atoms with Crippen molar-refractivity contribution < 1.29 is 14.9 Å². The summed E-state index contributed by atoms with van der Waals surface area (Å²) in [6, 6.07) is -0.562. The predicted octanol–water partition coefficient (Wildman–Crippen LogP) is 0.793. The van der Waals surface area contributed by atoms with Crippen molar-refractivity contribution in [2.75, 3.05) is 18.5 Å². The van der Waals surface area contributed by atoms with Gasteiger partial charge in [-0.2, -0.15) is 9.36 Å². The van der Waals surface area contributed by atoms with Crippen molar-refractivity contribution in [1.29, 1.82) is 0 Å². The monoisotopic (exact) mass is 320 g/mol. The maximum absolute atomic E-state index is 10.1. The van der Waals surface area contributed by atoms with Gasteiger partial charge in [0, 0.05) is 16.4 Å². The average Bonchev–Trinajstić information content (AvgIpc) is 2.83. The van der Waals surface area contributed by atoms with Crippen LogP contribution in [0.5, 0.6) is 0 Å². The van der Waals surface area contributed by atoms with E-state index in [-0.39, 0.29) is 18.4 Å². The van der Waals surface area contributed by atoms with Crippen molar-refractivity contribution in [3.8, 4) is 0 Å². The van der Waals surface area contributed by atoms with E-state index in [4.69, 9.17) is 21.9 Å². The molecule has 0 spiro atoms. The fraction of sp³-hybridized carbons (Fsp3) is 0.778. The Morgan fingerprint density at radius 3 is 3.05 bits per heavy atom. The van der Waals surface area contributed by atoms with Gasteiger partial charge >= 0.3 is 0 Å². The Morgan fingerprint density at radius 1 is 1.70 bits per heavy atom. The lowest BCUT2D eigenvalue weighted by Crippen LogP contribution is -2.62. The molecule has 1 saturated heterocycles. The van der Waals surface area contributed by atoms with E-state index >= 15 is 0 Å². The number of rotatable bonds is 4. The van der Waals surface area contributed by atoms with Crippen molar-refractivity contribution in [2.45, 2.75) is 30.8 Å². The lowest BCUT2D eigenvalue weighted by atomic mass is 9.88. The van der Waals surface area contributed by atoms with Crippen molar-refractivity contribution >= 4 is 28.3 Å². The highest BCUT2D eigenvalue weighted by Gasteiger charge is 2.46. The Balaban J connectivity index is 2.04. The van der Waals surface area contributed by atoms with Crippen LogP contribution in [-0.4, -0.2) is 56.6 Å². The Morgan fingerprint density at radius 2 is 2.45 bits per heavy atom. The molecule has 0 bridgehead atoms. The van der Waals surface area contributed by atoms with Gasteiger partial charge in [-0.1, -0.05) is 5.11 Å². The molecule has 20 heavy (non-hydrogen) atoms. The molecule has 0 saturated carbocycles. The van der Waals surface area contributed by atoms with Crippen LogP contribution in [-0.2, 0) is 4.74 Å². The third-order valence-electron chi connectivity index (χ3n) is 3.11. The number of anilines is 1. The van der Waals surface area contributed by atoms with Crippen LogP contribution in [0.3, 0.4) is 0 Å². The summed E-state index contributed by atoms with van der Waals surface area (Å²) in [5.41, 5.74) is 7.21. The number of hydrogen-bond donors (Lipinski definition) is 3. The smallest absolute Gasteiger partial charge is 0.236 e. The number of ether oxygens (including phenoxy) is 1. The van der Waals surface area contributed by atoms with Crippen molar-refractivity contribution in [1.82, 2.24) is 9.36 Å². The zero-order chi connectivity index (χ0) is 14.8. The second-order valence-corrected chi connectivity index (χ2v) is 5.66. The molecule has 1 aliphatic rings. The first-order valence-electron chi connectivity index (χ1n) is 5.73. The number of aromatic nitrogens is 2. The van der Waals surface area contributed by atoms with Crippen LogP contribution in [0.4, 0.5) is 5.13 Å². The quantitative estimate of drug-likeness (QED) is 0.426. The molecule has 3 N–H and O–H groups in total. The molecule has 0 amide bonds. The topological polar surface area (TPSA) is 136 Å². The molecule has 1 aromatic heterocycles. The van der Waals surface area contributed by atoms with Gasteiger partial charge in [0.15, 0.2) is 0 Å². The predicted molar refractivity (Wildman–Crippen MR) is 72.7 cm³/mol. The summed E-state index contributed by atoms with van der Waals surface area (Å²) in [5, 5.41) is 27.1. The molecule has 0 aromatic carbocycles. The first-order valence-corrected chi connectivity index (χ1v) is 6.88. The van der Waals surface area contributed by atoms with Gasteiger partial charge in [0.2, 0.25) is 10.4 Å². The third kappa shape index (κ3) is 3.11. The number of halogens is 1. The van der Waals surface area contributed by atoms with Crippen LogP contribution in [0.15, 0.2) is 5.11 Å². The molecule has 0 aliphatic carbocycles. The second-order valence-electron chi connectivity index (χ2n) is 4.57. The van der Waals surface area contributed by atoms with Crippen LogP contribution < -0.4 is 5.32 Å². The number of hydrogen-bond acceptors (Lipinski definition) is 8. The molecule has 0 unspecified atom stereocenters. The Labute approximate surface area is 123 Å². The standard InChI is InChI=1S/C9H13ClN6O3S/c1-9(3-12-16-11)6(18)5(17)4(2-19-9)13-8-14-7(10)15-20-8/h4-6,17-18H,2-3H2,1H3,(H,13,14,15)/t4-,5+,6+,9+/m0/s1. The summed E-state index contributed by atoms with van der Waals surface area (Å²) in [6.07, 6.45) is -2.31. The SMILES string of the molecule is C[C@]1(CN=[N+]=[N-])OC[C@H](Nc2nc(Cl)ns2)[C@@H](O)[C@H]1O. The average molecular weight is 321 g/mol. The van der Waals surface area contributed by atoms with Gasteiger partial charge < -0.3 is 20.3 Å². The zero-order valence-corrected chi connectivity index (χ0v) is 12.0. The molecule has 110 valence electrons. The molecule has 4 atom stereocenters. The minimum Gasteiger partial charge on any atom is -0.388 e. The molecular formula is C9H13ClN6O3S. The molecule has 1 fully saturated rings. The molecule has 9 nitrogen and oxygen atoms in total. The number of aliphatic hydroxyl groups is 2. The van der Waals surface area contributed by atoms with Crippen molar-refractivity contribution in [2.24, 2.45) is 5.11 Å². The summed E-state index contributed by atoms with van der Waals surface area (Å²) >= 11 is 6.65. The lowest BCUT2D eigenvalue weighted by Gasteiger charge is -2.44. The highest BCUT2D eigenvalue weighted by molar-refractivity contribution is 7.09. The minimum absolute atomic E-state index is 0.0704. The van der Waals surface area contributed by atoms with Gasteiger partial charge in [-0.25, -0.2) is 0 Å². The molecule has 2 rings (SSSR count). The fourth-order valence-electron chi connectivity index (χ4n) is 1.91. The molecule has 1 aromatic rings. The summed E-state index contributed by atoms with van der Waals surface area (Å²) in [6.45, 7) is 1.62. The Kier molecular flexibility index (Phi) is 4.63. The highest BCUT2D eigenvalue weighted by Crippen LogP contribution is 2.28. The van der Waals surface area contributed by atoms with Gasteiger partial charge in [-0.3, -0.25) is 0 Å². The molecular weight excluding hydrogens is 308 g/mol. The number of aliphatic hydroxyl groups excluding tert-OH is 2. The first kappa shape index (κ1) is 15.2. The van der Waals surface area contributed by atoms with E-state index in [9.17, 15) is 10.2 Å². The molecule has 11 heteroatoms. The van der Waals surface area contributed by atoms with Crippen LogP contribution >= 0.6 is 23.1 Å². The molecule has 0 radical (unpaired) electrons. The van der Waals surface area contributed by atoms with E-state index in [0.29, 0.717) is 5.13 Å². The normalized spacial score (nSPS) is 33.5. The maximum Gasteiger partial charge on any atom is 0.236 e. The maximum atomic E-state index is 10.1. The van der Waals surface area contributed by atoms with Gasteiger partial charge in [0.25, 0.3) is 0 Å². The van der Waals surface area contributed by atoms with E-state index in [1.54, 1.807) is 6.92 Å². The Bertz CT molecular complexity index is 524. The van der Waals surface area contributed by atoms with Crippen LogP contribution in [0.2, 0.25) is 5.28 Å². The number of nitrogens with one attached hydrogen (secondary N) is 1. The van der Waals surface area contributed by atoms with Crippen LogP contribution in [0.25, 0.3) is 10.4 Å². The Hall–Kier alpha value is -1.16. The van der Waals surface area contributed by atoms with E-state index in [1.165, 1.54) is 0 Å². The number of nitrogens with zero attached hydrogens (tertiary/aromatic N) is 5. The first-order chi connectivity index (χ1) is 9.46. The van der Waals surface area contributed by atoms with Gasteiger partial charge in [-0.15, -0.1) is 0 Å².